The summed E-state index contributed by atoms with van der Waals surface area (Å²) in [5, 5.41) is 1.71. The molecule has 0 unspecified atom stereocenters. The number of imide groups is 1. The van der Waals surface area contributed by atoms with Crippen LogP contribution in [0.2, 0.25) is 0 Å². The van der Waals surface area contributed by atoms with Crippen molar-refractivity contribution in [1.82, 2.24) is 0 Å². The first-order valence-electron chi connectivity index (χ1n) is 11.4. The Kier molecular flexibility index (Phi) is 5.84. The highest BCUT2D eigenvalue weighted by atomic mass is 16.7. The molecule has 0 saturated carbocycles. The largest absolute Gasteiger partial charge is 0.494 e. The van der Waals surface area contributed by atoms with Crippen molar-refractivity contribution in [3.8, 4) is 5.75 Å². The minimum atomic E-state index is -0.872. The number of rotatable bonds is 7. The van der Waals surface area contributed by atoms with Crippen LogP contribution in [0.5, 0.6) is 5.75 Å². The van der Waals surface area contributed by atoms with Crippen molar-refractivity contribution in [2.45, 2.75) is 31.9 Å². The molecule has 6 nitrogen and oxygen atoms in total. The van der Waals surface area contributed by atoms with Gasteiger partial charge in [-0.3, -0.25) is 14.4 Å². The molecule has 0 bridgehead atoms. The molecule has 6 heteroatoms. The molecule has 2 aliphatic heterocycles. The van der Waals surface area contributed by atoms with Gasteiger partial charge in [0.2, 0.25) is 5.91 Å². The van der Waals surface area contributed by atoms with Gasteiger partial charge in [-0.1, -0.05) is 61.9 Å². The van der Waals surface area contributed by atoms with E-state index < -0.39 is 18.1 Å². The maximum absolute atomic E-state index is 13.6. The van der Waals surface area contributed by atoms with E-state index in [4.69, 9.17) is 9.57 Å². The molecule has 168 valence electrons. The summed E-state index contributed by atoms with van der Waals surface area (Å²) in [7, 11) is 0. The summed E-state index contributed by atoms with van der Waals surface area (Å²) in [6, 6.07) is 25.9. The number of hydrogen-bond donors (Lipinski definition) is 0. The number of carbonyl (C=O) groups is 2. The summed E-state index contributed by atoms with van der Waals surface area (Å²) in [5.41, 5.74) is 2.26. The van der Waals surface area contributed by atoms with Crippen molar-refractivity contribution in [3.05, 3.63) is 90.5 Å². The van der Waals surface area contributed by atoms with Crippen molar-refractivity contribution in [2.24, 2.45) is 5.92 Å². The van der Waals surface area contributed by atoms with Crippen LogP contribution >= 0.6 is 0 Å². The highest BCUT2D eigenvalue weighted by Gasteiger charge is 2.60. The Bertz CT molecular complexity index is 1120. The molecule has 2 amide bonds. The van der Waals surface area contributed by atoms with E-state index in [1.807, 2.05) is 72.8 Å². The summed E-state index contributed by atoms with van der Waals surface area (Å²) in [6.45, 7) is 2.79. The second-order valence-electron chi connectivity index (χ2n) is 8.28. The number of hydrogen-bond acceptors (Lipinski definition) is 5. The van der Waals surface area contributed by atoms with E-state index >= 15 is 0 Å². The second kappa shape index (κ2) is 9.08. The molecule has 2 aliphatic rings. The van der Waals surface area contributed by atoms with Gasteiger partial charge in [0, 0.05) is 0 Å². The first kappa shape index (κ1) is 21.2. The zero-order valence-corrected chi connectivity index (χ0v) is 18.5. The van der Waals surface area contributed by atoms with Crippen LogP contribution in [0.15, 0.2) is 84.9 Å². The first-order chi connectivity index (χ1) is 16.2. The molecule has 5 rings (SSSR count). The van der Waals surface area contributed by atoms with E-state index in [0.717, 1.165) is 29.8 Å². The molecule has 2 heterocycles. The maximum Gasteiger partial charge on any atom is 0.266 e. The summed E-state index contributed by atoms with van der Waals surface area (Å²) in [5.74, 6) is -0.444. The molecular formula is C27H26N2O4. The zero-order chi connectivity index (χ0) is 22.8. The van der Waals surface area contributed by atoms with Gasteiger partial charge in [0.25, 0.3) is 5.91 Å². The monoisotopic (exact) mass is 442 g/mol. The fraction of sp³-hybridized carbons (Fsp3) is 0.259. The van der Waals surface area contributed by atoms with Crippen molar-refractivity contribution in [3.63, 3.8) is 0 Å². The van der Waals surface area contributed by atoms with Gasteiger partial charge >= 0.3 is 0 Å². The number of benzene rings is 3. The molecule has 0 aliphatic carbocycles. The Morgan fingerprint density at radius 3 is 2.09 bits per heavy atom. The van der Waals surface area contributed by atoms with Crippen molar-refractivity contribution in [1.29, 1.82) is 0 Å². The highest BCUT2D eigenvalue weighted by molar-refractivity contribution is 6.23. The Morgan fingerprint density at radius 2 is 1.45 bits per heavy atom. The molecule has 0 spiro atoms. The SMILES string of the molecule is CCCCOc1ccc([C@@H]2[C@@H]3C(=O)N(c4ccccc4)C(=O)[C@H]3ON2c2ccccc2)cc1. The molecule has 2 saturated heterocycles. The van der Waals surface area contributed by atoms with E-state index in [9.17, 15) is 9.59 Å². The summed E-state index contributed by atoms with van der Waals surface area (Å²) < 4.78 is 5.80. The van der Waals surface area contributed by atoms with Crippen LogP contribution < -0.4 is 14.7 Å². The van der Waals surface area contributed by atoms with E-state index in [1.165, 1.54) is 4.90 Å². The van der Waals surface area contributed by atoms with Gasteiger partial charge in [-0.15, -0.1) is 0 Å². The number of carbonyl (C=O) groups excluding carboxylic acids is 2. The number of fused-ring (bicyclic) bond motifs is 1. The number of anilines is 2. The molecule has 33 heavy (non-hydrogen) atoms. The Hall–Kier alpha value is -3.64. The van der Waals surface area contributed by atoms with Gasteiger partial charge in [-0.05, 0) is 48.4 Å². The molecule has 3 aromatic rings. The van der Waals surface area contributed by atoms with Crippen LogP contribution in [0.4, 0.5) is 11.4 Å². The average Bonchev–Trinajstić information content (AvgIpc) is 3.37. The Balaban J connectivity index is 1.50. The molecular weight excluding hydrogens is 416 g/mol. The van der Waals surface area contributed by atoms with Crippen LogP contribution in [0.3, 0.4) is 0 Å². The predicted molar refractivity (Wildman–Crippen MR) is 126 cm³/mol. The average molecular weight is 443 g/mol. The number of unbranched alkanes of at least 4 members (excludes halogenated alkanes) is 1. The third kappa shape index (κ3) is 3.87. The van der Waals surface area contributed by atoms with Crippen molar-refractivity contribution < 1.29 is 19.2 Å². The third-order valence-electron chi connectivity index (χ3n) is 6.13. The molecule has 3 aromatic carbocycles. The van der Waals surface area contributed by atoms with Crippen LogP contribution in [0.1, 0.15) is 31.4 Å². The van der Waals surface area contributed by atoms with Crippen LogP contribution in [-0.2, 0) is 14.4 Å². The second-order valence-corrected chi connectivity index (χ2v) is 8.28. The van der Waals surface area contributed by atoms with Gasteiger partial charge in [-0.25, -0.2) is 9.96 Å². The van der Waals surface area contributed by atoms with Gasteiger partial charge in [-0.2, -0.15) is 0 Å². The Labute approximate surface area is 193 Å². The van der Waals surface area contributed by atoms with Gasteiger partial charge in [0.1, 0.15) is 11.7 Å². The lowest BCUT2D eigenvalue weighted by atomic mass is 9.90. The smallest absolute Gasteiger partial charge is 0.266 e. The normalized spacial score (nSPS) is 22.0. The van der Waals surface area contributed by atoms with E-state index in [1.54, 1.807) is 17.2 Å². The number of nitrogens with zero attached hydrogens (tertiary/aromatic N) is 2. The fourth-order valence-corrected chi connectivity index (χ4v) is 4.48. The van der Waals surface area contributed by atoms with Crippen molar-refractivity contribution >= 4 is 23.2 Å². The number of hydroxylamine groups is 1. The van der Waals surface area contributed by atoms with E-state index in [2.05, 4.69) is 6.92 Å². The van der Waals surface area contributed by atoms with Gasteiger partial charge < -0.3 is 4.74 Å². The molecule has 0 N–H and O–H groups in total. The molecule has 3 atom stereocenters. The minimum absolute atomic E-state index is 0.247. The first-order valence-corrected chi connectivity index (χ1v) is 11.4. The molecule has 0 radical (unpaired) electrons. The number of para-hydroxylation sites is 2. The lowest BCUT2D eigenvalue weighted by Gasteiger charge is -2.28. The maximum atomic E-state index is 13.6. The standard InChI is InChI=1S/C27H26N2O4/c1-2-3-18-32-22-16-14-19(15-17-22)24-23-25(33-29(24)21-12-8-5-9-13-21)27(31)28(26(23)30)20-10-6-4-7-11-20/h4-17,23-25H,2-3,18H2,1H3/t23-,24+,25-/m0/s1. The lowest BCUT2D eigenvalue weighted by molar-refractivity contribution is -0.126. The fourth-order valence-electron chi connectivity index (χ4n) is 4.48. The summed E-state index contributed by atoms with van der Waals surface area (Å²) >= 11 is 0. The van der Waals surface area contributed by atoms with Crippen LogP contribution in [-0.4, -0.2) is 24.5 Å². The number of ether oxygens (including phenoxy) is 1. The quantitative estimate of drug-likeness (QED) is 0.384. The lowest BCUT2D eigenvalue weighted by Crippen LogP contribution is -2.37. The van der Waals surface area contributed by atoms with Crippen LogP contribution in [0.25, 0.3) is 0 Å². The topological polar surface area (TPSA) is 59.1 Å². The van der Waals surface area contributed by atoms with E-state index in [0.29, 0.717) is 12.3 Å². The molecule has 0 aromatic heterocycles. The van der Waals surface area contributed by atoms with Gasteiger partial charge in [0.15, 0.2) is 6.10 Å². The van der Waals surface area contributed by atoms with Crippen molar-refractivity contribution in [2.75, 3.05) is 16.6 Å². The predicted octanol–water partition coefficient (Wildman–Crippen LogP) is 4.92. The zero-order valence-electron chi connectivity index (χ0n) is 18.5. The Morgan fingerprint density at radius 1 is 0.818 bits per heavy atom. The number of amides is 2. The minimum Gasteiger partial charge on any atom is -0.494 e. The molecule has 2 fully saturated rings. The third-order valence-corrected chi connectivity index (χ3v) is 6.13. The summed E-state index contributed by atoms with van der Waals surface area (Å²) in [6.07, 6.45) is 1.19. The van der Waals surface area contributed by atoms with Gasteiger partial charge in [0.05, 0.1) is 24.0 Å². The summed E-state index contributed by atoms with van der Waals surface area (Å²) in [4.78, 5) is 34.3. The highest BCUT2D eigenvalue weighted by Crippen LogP contribution is 2.47. The van der Waals surface area contributed by atoms with Crippen LogP contribution in [0, 0.1) is 5.92 Å². The van der Waals surface area contributed by atoms with E-state index in [-0.39, 0.29) is 11.8 Å².